The van der Waals surface area contributed by atoms with Crippen molar-refractivity contribution in [3.63, 3.8) is 0 Å². The lowest BCUT2D eigenvalue weighted by atomic mass is 10.1. The highest BCUT2D eigenvalue weighted by atomic mass is 32.1. The number of hydrogen-bond donors (Lipinski definition) is 1. The molecule has 2 aromatic rings. The van der Waals surface area contributed by atoms with Crippen molar-refractivity contribution in [2.24, 2.45) is 0 Å². The summed E-state index contributed by atoms with van der Waals surface area (Å²) in [5.74, 6) is 0.841. The summed E-state index contributed by atoms with van der Waals surface area (Å²) in [6, 6.07) is 2.21. The Morgan fingerprint density at radius 2 is 2.45 bits per heavy atom. The monoisotopic (exact) mass is 292 g/mol. The Bertz CT molecular complexity index is 615. The number of amides is 1. The lowest BCUT2D eigenvalue weighted by Gasteiger charge is -2.32. The third-order valence-corrected chi connectivity index (χ3v) is 4.28. The highest BCUT2D eigenvalue weighted by Gasteiger charge is 2.24. The van der Waals surface area contributed by atoms with Crippen LogP contribution < -0.4 is 5.32 Å². The number of nitrogens with one attached hydrogen (secondary N) is 1. The molecule has 3 heterocycles. The van der Waals surface area contributed by atoms with Gasteiger partial charge in [0.1, 0.15) is 17.0 Å². The van der Waals surface area contributed by atoms with Crippen molar-refractivity contribution in [3.8, 4) is 0 Å². The normalized spacial score (nSPS) is 19.1. The van der Waals surface area contributed by atoms with Crippen LogP contribution in [0.5, 0.6) is 0 Å². The van der Waals surface area contributed by atoms with Crippen LogP contribution in [0.2, 0.25) is 0 Å². The molecule has 1 aliphatic heterocycles. The summed E-state index contributed by atoms with van der Waals surface area (Å²) in [6.45, 7) is 1.39. The molecule has 1 amide bonds. The van der Waals surface area contributed by atoms with Gasteiger partial charge in [-0.25, -0.2) is 14.8 Å². The first-order valence-electron chi connectivity index (χ1n) is 6.55. The molecule has 0 radical (unpaired) electrons. The predicted molar refractivity (Wildman–Crippen MR) is 78.0 cm³/mol. The number of thiophene rings is 1. The molecule has 1 aliphatic rings. The molecular weight excluding hydrogens is 276 g/mol. The van der Waals surface area contributed by atoms with Gasteiger partial charge in [0.15, 0.2) is 0 Å². The molecule has 0 aromatic carbocycles. The molecule has 3 rings (SSSR count). The van der Waals surface area contributed by atoms with Crippen LogP contribution in [0.4, 0.5) is 10.6 Å². The van der Waals surface area contributed by atoms with Crippen molar-refractivity contribution in [1.82, 2.24) is 14.9 Å². The summed E-state index contributed by atoms with van der Waals surface area (Å²) in [6.07, 6.45) is 3.29. The standard InChI is InChI=1S/C13H16N4O2S/c1-19-13(18)17-5-2-3-9(7-17)16-11-10-4-6-20-12(10)15-8-14-11/h4,6,8-9H,2-3,5,7H2,1H3,(H,14,15,16). The van der Waals surface area contributed by atoms with E-state index in [1.807, 2.05) is 11.4 Å². The Morgan fingerprint density at radius 3 is 3.30 bits per heavy atom. The van der Waals surface area contributed by atoms with Gasteiger partial charge in [-0.3, -0.25) is 0 Å². The number of methoxy groups -OCH3 is 1. The molecule has 1 unspecified atom stereocenters. The van der Waals surface area contributed by atoms with E-state index in [9.17, 15) is 4.79 Å². The highest BCUT2D eigenvalue weighted by Crippen LogP contribution is 2.25. The van der Waals surface area contributed by atoms with E-state index in [4.69, 9.17) is 4.74 Å². The second kappa shape index (κ2) is 5.62. The fourth-order valence-corrected chi connectivity index (χ4v) is 3.22. The number of carbonyl (C=O) groups is 1. The van der Waals surface area contributed by atoms with Gasteiger partial charge < -0.3 is 15.0 Å². The van der Waals surface area contributed by atoms with Crippen LogP contribution in [0, 0.1) is 0 Å². The molecule has 0 aliphatic carbocycles. The first-order chi connectivity index (χ1) is 9.78. The van der Waals surface area contributed by atoms with E-state index >= 15 is 0 Å². The number of aromatic nitrogens is 2. The van der Waals surface area contributed by atoms with E-state index in [1.165, 1.54) is 7.11 Å². The van der Waals surface area contributed by atoms with Crippen molar-refractivity contribution in [2.45, 2.75) is 18.9 Å². The van der Waals surface area contributed by atoms with Crippen molar-refractivity contribution in [2.75, 3.05) is 25.5 Å². The minimum atomic E-state index is -0.264. The maximum Gasteiger partial charge on any atom is 0.409 e. The molecule has 6 nitrogen and oxygen atoms in total. The fraction of sp³-hybridized carbons (Fsp3) is 0.462. The van der Waals surface area contributed by atoms with Gasteiger partial charge >= 0.3 is 6.09 Å². The average molecular weight is 292 g/mol. The zero-order chi connectivity index (χ0) is 13.9. The van der Waals surface area contributed by atoms with E-state index in [2.05, 4.69) is 15.3 Å². The summed E-state index contributed by atoms with van der Waals surface area (Å²) < 4.78 is 4.78. The fourth-order valence-electron chi connectivity index (χ4n) is 2.49. The smallest absolute Gasteiger partial charge is 0.409 e. The Balaban J connectivity index is 1.74. The van der Waals surface area contributed by atoms with Gasteiger partial charge in [-0.1, -0.05) is 0 Å². The molecule has 1 atom stereocenters. The predicted octanol–water partition coefficient (Wildman–Crippen LogP) is 2.33. The largest absolute Gasteiger partial charge is 0.453 e. The first-order valence-corrected chi connectivity index (χ1v) is 7.43. The van der Waals surface area contributed by atoms with Crippen molar-refractivity contribution in [3.05, 3.63) is 17.8 Å². The number of likely N-dealkylation sites (tertiary alicyclic amines) is 1. The SMILES string of the molecule is COC(=O)N1CCCC(Nc2ncnc3sccc23)C1. The zero-order valence-electron chi connectivity index (χ0n) is 11.2. The maximum atomic E-state index is 11.6. The number of rotatable bonds is 2. The van der Waals surface area contributed by atoms with Gasteiger partial charge in [-0.05, 0) is 24.3 Å². The summed E-state index contributed by atoms with van der Waals surface area (Å²) in [4.78, 5) is 22.8. The Kier molecular flexibility index (Phi) is 3.68. The quantitative estimate of drug-likeness (QED) is 0.920. The summed E-state index contributed by atoms with van der Waals surface area (Å²) in [5, 5.41) is 6.47. The topological polar surface area (TPSA) is 67.3 Å². The minimum absolute atomic E-state index is 0.195. The van der Waals surface area contributed by atoms with Crippen LogP contribution in [0.3, 0.4) is 0 Å². The second-order valence-corrected chi connectivity index (χ2v) is 5.66. The van der Waals surface area contributed by atoms with Gasteiger partial charge in [0, 0.05) is 19.1 Å². The van der Waals surface area contributed by atoms with Gasteiger partial charge in [-0.15, -0.1) is 11.3 Å². The Labute approximate surface area is 120 Å². The van der Waals surface area contributed by atoms with E-state index in [-0.39, 0.29) is 12.1 Å². The third kappa shape index (κ3) is 2.53. The van der Waals surface area contributed by atoms with Gasteiger partial charge in [0.05, 0.1) is 12.5 Å². The Hall–Kier alpha value is -1.89. The summed E-state index contributed by atoms with van der Waals surface area (Å²) in [7, 11) is 1.42. The molecule has 7 heteroatoms. The van der Waals surface area contributed by atoms with Gasteiger partial charge in [0.2, 0.25) is 0 Å². The number of hydrogen-bond acceptors (Lipinski definition) is 6. The number of anilines is 1. The van der Waals surface area contributed by atoms with Gasteiger partial charge in [0.25, 0.3) is 0 Å². The van der Waals surface area contributed by atoms with E-state index in [0.29, 0.717) is 6.54 Å². The van der Waals surface area contributed by atoms with Crippen LogP contribution >= 0.6 is 11.3 Å². The molecule has 2 aromatic heterocycles. The van der Waals surface area contributed by atoms with Crippen LogP contribution in [0.15, 0.2) is 17.8 Å². The number of carbonyl (C=O) groups excluding carboxylic acids is 1. The van der Waals surface area contributed by atoms with E-state index < -0.39 is 0 Å². The molecule has 1 N–H and O–H groups in total. The van der Waals surface area contributed by atoms with E-state index in [0.717, 1.165) is 35.4 Å². The molecule has 0 spiro atoms. The van der Waals surface area contributed by atoms with Crippen LogP contribution in [-0.2, 0) is 4.74 Å². The number of fused-ring (bicyclic) bond motifs is 1. The van der Waals surface area contributed by atoms with Crippen LogP contribution in [0.1, 0.15) is 12.8 Å². The van der Waals surface area contributed by atoms with Crippen molar-refractivity contribution >= 4 is 33.5 Å². The highest BCUT2D eigenvalue weighted by molar-refractivity contribution is 7.16. The van der Waals surface area contributed by atoms with Crippen LogP contribution in [-0.4, -0.2) is 47.2 Å². The average Bonchev–Trinajstić information content (AvgIpc) is 2.96. The number of ether oxygens (including phenoxy) is 1. The Morgan fingerprint density at radius 1 is 1.55 bits per heavy atom. The summed E-state index contributed by atoms with van der Waals surface area (Å²) >= 11 is 1.60. The van der Waals surface area contributed by atoms with Crippen molar-refractivity contribution < 1.29 is 9.53 Å². The lowest BCUT2D eigenvalue weighted by Crippen LogP contribution is -2.45. The first kappa shape index (κ1) is 13.1. The van der Waals surface area contributed by atoms with E-state index in [1.54, 1.807) is 22.6 Å². The minimum Gasteiger partial charge on any atom is -0.453 e. The molecule has 1 fully saturated rings. The zero-order valence-corrected chi connectivity index (χ0v) is 12.0. The molecular formula is C13H16N4O2S. The van der Waals surface area contributed by atoms with Gasteiger partial charge in [-0.2, -0.15) is 0 Å². The third-order valence-electron chi connectivity index (χ3n) is 3.46. The molecule has 0 bridgehead atoms. The molecule has 20 heavy (non-hydrogen) atoms. The van der Waals surface area contributed by atoms with Crippen LogP contribution in [0.25, 0.3) is 10.2 Å². The molecule has 106 valence electrons. The second-order valence-electron chi connectivity index (χ2n) is 4.76. The lowest BCUT2D eigenvalue weighted by molar-refractivity contribution is 0.113. The summed E-state index contributed by atoms with van der Waals surface area (Å²) in [5.41, 5.74) is 0. The van der Waals surface area contributed by atoms with Crippen molar-refractivity contribution in [1.29, 1.82) is 0 Å². The maximum absolute atomic E-state index is 11.6. The number of nitrogens with zero attached hydrogens (tertiary/aromatic N) is 3. The molecule has 1 saturated heterocycles. The number of piperidine rings is 1. The molecule has 0 saturated carbocycles.